The predicted octanol–water partition coefficient (Wildman–Crippen LogP) is 2.94. The normalized spacial score (nSPS) is 12.1. The van der Waals surface area contributed by atoms with Crippen LogP contribution in [0.1, 0.15) is 47.0 Å². The molecule has 0 fully saturated rings. The third kappa shape index (κ3) is 4.65. The molecule has 3 heteroatoms. The minimum absolute atomic E-state index is 0.335. The number of carboxylic acids is 1. The zero-order valence-corrected chi connectivity index (χ0v) is 10.4. The maximum absolute atomic E-state index is 11.1. The lowest BCUT2D eigenvalue weighted by Gasteiger charge is -2.26. The topological polar surface area (TPSA) is 46.5 Å². The Balaban J connectivity index is 4.02. The second-order valence-electron chi connectivity index (χ2n) is 4.53. The minimum Gasteiger partial charge on any atom is -0.481 e. The zero-order chi connectivity index (χ0) is 11.9. The largest absolute Gasteiger partial charge is 0.481 e. The summed E-state index contributed by atoms with van der Waals surface area (Å²) in [4.78, 5) is 11.1. The molecule has 0 bridgehead atoms. The first-order valence-corrected chi connectivity index (χ1v) is 5.79. The van der Waals surface area contributed by atoms with Gasteiger partial charge >= 0.3 is 5.97 Å². The molecular formula is C12H24O3. The molecule has 90 valence electrons. The second kappa shape index (κ2) is 6.83. The van der Waals surface area contributed by atoms with E-state index < -0.39 is 11.4 Å². The first-order chi connectivity index (χ1) is 6.98. The Morgan fingerprint density at radius 1 is 1.33 bits per heavy atom. The summed E-state index contributed by atoms with van der Waals surface area (Å²) in [5.74, 6) is -0.135. The lowest BCUT2D eigenvalue weighted by atomic mass is 9.83. The number of ether oxygens (including phenoxy) is 1. The van der Waals surface area contributed by atoms with Gasteiger partial charge in [0.15, 0.2) is 0 Å². The SMILES string of the molecule is CCC(CC)(COCCC(C)C)C(=O)O. The van der Waals surface area contributed by atoms with E-state index in [1.807, 2.05) is 13.8 Å². The van der Waals surface area contributed by atoms with Crippen molar-refractivity contribution in [2.45, 2.75) is 47.0 Å². The standard InChI is InChI=1S/C12H24O3/c1-5-12(6-2,11(13)14)9-15-8-7-10(3)4/h10H,5-9H2,1-4H3,(H,13,14). The third-order valence-electron chi connectivity index (χ3n) is 3.03. The van der Waals surface area contributed by atoms with Gasteiger partial charge in [0.2, 0.25) is 0 Å². The number of rotatable bonds is 8. The summed E-state index contributed by atoms with van der Waals surface area (Å²) in [6.45, 7) is 9.07. The number of carboxylic acid groups (broad SMARTS) is 1. The summed E-state index contributed by atoms with van der Waals surface area (Å²) < 4.78 is 5.47. The summed E-state index contributed by atoms with van der Waals surface area (Å²) in [6, 6.07) is 0. The van der Waals surface area contributed by atoms with Crippen molar-refractivity contribution < 1.29 is 14.6 Å². The summed E-state index contributed by atoms with van der Waals surface area (Å²) in [5.41, 5.74) is -0.684. The summed E-state index contributed by atoms with van der Waals surface area (Å²) in [7, 11) is 0. The van der Waals surface area contributed by atoms with E-state index in [9.17, 15) is 4.79 Å². The lowest BCUT2D eigenvalue weighted by Crippen LogP contribution is -2.35. The van der Waals surface area contributed by atoms with Crippen molar-refractivity contribution in [1.82, 2.24) is 0 Å². The Kier molecular flexibility index (Phi) is 6.57. The van der Waals surface area contributed by atoms with E-state index in [0.29, 0.717) is 32.0 Å². The molecule has 0 aromatic carbocycles. The van der Waals surface area contributed by atoms with Crippen molar-refractivity contribution in [2.24, 2.45) is 11.3 Å². The van der Waals surface area contributed by atoms with Gasteiger partial charge in [-0.3, -0.25) is 4.79 Å². The summed E-state index contributed by atoms with van der Waals surface area (Å²) in [5, 5.41) is 9.15. The van der Waals surface area contributed by atoms with Crippen LogP contribution >= 0.6 is 0 Å². The van der Waals surface area contributed by atoms with Crippen LogP contribution < -0.4 is 0 Å². The second-order valence-corrected chi connectivity index (χ2v) is 4.53. The average Bonchev–Trinajstić information content (AvgIpc) is 2.18. The molecule has 0 saturated carbocycles. The Hall–Kier alpha value is -0.570. The third-order valence-corrected chi connectivity index (χ3v) is 3.03. The van der Waals surface area contributed by atoms with Gasteiger partial charge in [0, 0.05) is 6.61 Å². The number of carbonyl (C=O) groups is 1. The highest BCUT2D eigenvalue weighted by molar-refractivity contribution is 5.74. The van der Waals surface area contributed by atoms with Crippen molar-refractivity contribution in [3.8, 4) is 0 Å². The lowest BCUT2D eigenvalue weighted by molar-refractivity contribution is -0.153. The van der Waals surface area contributed by atoms with Gasteiger partial charge in [-0.15, -0.1) is 0 Å². The molecule has 0 atom stereocenters. The van der Waals surface area contributed by atoms with Gasteiger partial charge in [-0.1, -0.05) is 27.7 Å². The monoisotopic (exact) mass is 216 g/mol. The van der Waals surface area contributed by atoms with Crippen LogP contribution in [0.5, 0.6) is 0 Å². The van der Waals surface area contributed by atoms with E-state index in [1.165, 1.54) is 0 Å². The van der Waals surface area contributed by atoms with Crippen LogP contribution in [0.25, 0.3) is 0 Å². The van der Waals surface area contributed by atoms with E-state index in [-0.39, 0.29) is 0 Å². The first kappa shape index (κ1) is 14.4. The fourth-order valence-corrected chi connectivity index (χ4v) is 1.40. The number of hydrogen-bond acceptors (Lipinski definition) is 2. The highest BCUT2D eigenvalue weighted by atomic mass is 16.5. The molecule has 0 unspecified atom stereocenters. The van der Waals surface area contributed by atoms with Gasteiger partial charge in [-0.2, -0.15) is 0 Å². The molecule has 1 N–H and O–H groups in total. The van der Waals surface area contributed by atoms with Crippen LogP contribution in [-0.2, 0) is 9.53 Å². The Labute approximate surface area is 92.8 Å². The van der Waals surface area contributed by atoms with Crippen LogP contribution in [0.15, 0.2) is 0 Å². The quantitative estimate of drug-likeness (QED) is 0.634. The molecular weight excluding hydrogens is 192 g/mol. The molecule has 15 heavy (non-hydrogen) atoms. The van der Waals surface area contributed by atoms with Crippen LogP contribution in [0.4, 0.5) is 0 Å². The molecule has 0 amide bonds. The van der Waals surface area contributed by atoms with E-state index in [2.05, 4.69) is 13.8 Å². The smallest absolute Gasteiger partial charge is 0.311 e. The van der Waals surface area contributed by atoms with Crippen LogP contribution in [0.3, 0.4) is 0 Å². The van der Waals surface area contributed by atoms with Crippen LogP contribution in [0, 0.1) is 11.3 Å². The molecule has 0 aromatic heterocycles. The average molecular weight is 216 g/mol. The number of aliphatic carboxylic acids is 1. The van der Waals surface area contributed by atoms with Gasteiger partial charge in [-0.25, -0.2) is 0 Å². The molecule has 3 nitrogen and oxygen atoms in total. The molecule has 0 spiro atoms. The minimum atomic E-state index is -0.739. The van der Waals surface area contributed by atoms with Gasteiger partial charge in [0.05, 0.1) is 12.0 Å². The molecule has 0 rings (SSSR count). The predicted molar refractivity (Wildman–Crippen MR) is 60.9 cm³/mol. The van der Waals surface area contributed by atoms with E-state index in [1.54, 1.807) is 0 Å². The van der Waals surface area contributed by atoms with E-state index >= 15 is 0 Å². The Morgan fingerprint density at radius 3 is 2.20 bits per heavy atom. The Morgan fingerprint density at radius 2 is 1.87 bits per heavy atom. The van der Waals surface area contributed by atoms with Crippen molar-refractivity contribution in [2.75, 3.05) is 13.2 Å². The molecule has 0 aliphatic rings. The van der Waals surface area contributed by atoms with Crippen molar-refractivity contribution >= 4 is 5.97 Å². The van der Waals surface area contributed by atoms with E-state index in [0.717, 1.165) is 6.42 Å². The van der Waals surface area contributed by atoms with Crippen molar-refractivity contribution in [3.05, 3.63) is 0 Å². The van der Waals surface area contributed by atoms with Gasteiger partial charge in [-0.05, 0) is 25.2 Å². The highest BCUT2D eigenvalue weighted by Gasteiger charge is 2.34. The number of hydrogen-bond donors (Lipinski definition) is 1. The Bertz CT molecular complexity index is 183. The zero-order valence-electron chi connectivity index (χ0n) is 10.4. The van der Waals surface area contributed by atoms with Crippen molar-refractivity contribution in [1.29, 1.82) is 0 Å². The fraction of sp³-hybridized carbons (Fsp3) is 0.917. The van der Waals surface area contributed by atoms with Crippen LogP contribution in [-0.4, -0.2) is 24.3 Å². The van der Waals surface area contributed by atoms with Gasteiger partial charge in [0.25, 0.3) is 0 Å². The van der Waals surface area contributed by atoms with Gasteiger partial charge < -0.3 is 9.84 Å². The van der Waals surface area contributed by atoms with Gasteiger partial charge in [0.1, 0.15) is 0 Å². The first-order valence-electron chi connectivity index (χ1n) is 5.79. The maximum Gasteiger partial charge on any atom is 0.311 e. The molecule has 0 aliphatic carbocycles. The molecule has 0 saturated heterocycles. The summed E-state index contributed by atoms with van der Waals surface area (Å²) >= 11 is 0. The molecule has 0 aliphatic heterocycles. The molecule has 0 heterocycles. The molecule has 0 aromatic rings. The fourth-order valence-electron chi connectivity index (χ4n) is 1.40. The van der Waals surface area contributed by atoms with Crippen molar-refractivity contribution in [3.63, 3.8) is 0 Å². The molecule has 0 radical (unpaired) electrons. The summed E-state index contributed by atoms with van der Waals surface area (Å²) in [6.07, 6.45) is 2.24. The van der Waals surface area contributed by atoms with E-state index in [4.69, 9.17) is 9.84 Å². The van der Waals surface area contributed by atoms with Crippen LogP contribution in [0.2, 0.25) is 0 Å². The maximum atomic E-state index is 11.1. The highest BCUT2D eigenvalue weighted by Crippen LogP contribution is 2.27.